The highest BCUT2D eigenvalue weighted by Gasteiger charge is 2.33. The van der Waals surface area contributed by atoms with Crippen LogP contribution in [0.15, 0.2) is 53.3 Å². The Bertz CT molecular complexity index is 897. The maximum Gasteiger partial charge on any atom is 0.258 e. The second-order valence-electron chi connectivity index (χ2n) is 6.00. The molecule has 0 saturated carbocycles. The number of rotatable bonds is 4. The van der Waals surface area contributed by atoms with Gasteiger partial charge >= 0.3 is 0 Å². The van der Waals surface area contributed by atoms with Crippen LogP contribution in [0, 0.1) is 0 Å². The lowest BCUT2D eigenvalue weighted by Crippen LogP contribution is -2.24. The predicted molar refractivity (Wildman–Crippen MR) is 91.8 cm³/mol. The minimum Gasteiger partial charge on any atom is -0.338 e. The van der Waals surface area contributed by atoms with E-state index in [-0.39, 0.29) is 11.8 Å². The summed E-state index contributed by atoms with van der Waals surface area (Å²) in [6.07, 6.45) is 3.73. The van der Waals surface area contributed by atoms with Gasteiger partial charge in [-0.25, -0.2) is 0 Å². The van der Waals surface area contributed by atoms with E-state index in [1.807, 2.05) is 36.4 Å². The topological polar surface area (TPSA) is 72.1 Å². The lowest BCUT2D eigenvalue weighted by atomic mass is 10.1. The first-order valence-corrected chi connectivity index (χ1v) is 8.33. The standard InChI is InChI=1S/C18H15ClN4O2/c19-15-3-1-2-12(8-15)10-23-11-14(9-16(23)24)17-21-18(25-22-17)13-4-6-20-7-5-13/h1-8,14H,9-11H2. The van der Waals surface area contributed by atoms with Gasteiger partial charge in [0.1, 0.15) is 0 Å². The molecule has 25 heavy (non-hydrogen) atoms. The number of likely N-dealkylation sites (tertiary alicyclic amines) is 1. The van der Waals surface area contributed by atoms with E-state index in [1.165, 1.54) is 0 Å². The molecular formula is C18H15ClN4O2. The van der Waals surface area contributed by atoms with E-state index in [4.69, 9.17) is 16.1 Å². The molecule has 1 saturated heterocycles. The summed E-state index contributed by atoms with van der Waals surface area (Å²) in [5, 5.41) is 4.73. The normalized spacial score (nSPS) is 17.2. The van der Waals surface area contributed by atoms with Gasteiger partial charge in [0.25, 0.3) is 5.89 Å². The van der Waals surface area contributed by atoms with Gasteiger partial charge in [-0.2, -0.15) is 4.98 Å². The summed E-state index contributed by atoms with van der Waals surface area (Å²) in [4.78, 5) is 22.5. The Labute approximate surface area is 149 Å². The van der Waals surface area contributed by atoms with Gasteiger partial charge in [-0.05, 0) is 29.8 Å². The Morgan fingerprint density at radius 1 is 1.24 bits per heavy atom. The van der Waals surface area contributed by atoms with Gasteiger partial charge in [0.05, 0.1) is 0 Å². The van der Waals surface area contributed by atoms with Gasteiger partial charge in [-0.15, -0.1) is 0 Å². The number of pyridine rings is 1. The van der Waals surface area contributed by atoms with Crippen LogP contribution in [-0.2, 0) is 11.3 Å². The number of hydrogen-bond acceptors (Lipinski definition) is 5. The molecule has 1 amide bonds. The van der Waals surface area contributed by atoms with Crippen LogP contribution in [0.4, 0.5) is 0 Å². The fourth-order valence-corrected chi connectivity index (χ4v) is 3.18. The molecule has 3 aromatic rings. The van der Waals surface area contributed by atoms with E-state index < -0.39 is 0 Å². The fourth-order valence-electron chi connectivity index (χ4n) is 2.97. The van der Waals surface area contributed by atoms with Crippen molar-refractivity contribution in [3.05, 3.63) is 65.2 Å². The molecule has 1 aromatic carbocycles. The highest BCUT2D eigenvalue weighted by Crippen LogP contribution is 2.29. The predicted octanol–water partition coefficient (Wildman–Crippen LogP) is 3.30. The van der Waals surface area contributed by atoms with E-state index in [0.29, 0.717) is 36.2 Å². The third-order valence-corrected chi connectivity index (χ3v) is 4.45. The van der Waals surface area contributed by atoms with Crippen molar-refractivity contribution in [1.82, 2.24) is 20.0 Å². The van der Waals surface area contributed by atoms with Gasteiger partial charge < -0.3 is 9.42 Å². The van der Waals surface area contributed by atoms with Crippen LogP contribution in [0.5, 0.6) is 0 Å². The lowest BCUT2D eigenvalue weighted by Gasteiger charge is -2.16. The summed E-state index contributed by atoms with van der Waals surface area (Å²) in [6.45, 7) is 1.10. The van der Waals surface area contributed by atoms with Crippen molar-refractivity contribution < 1.29 is 9.32 Å². The molecule has 2 aromatic heterocycles. The van der Waals surface area contributed by atoms with Crippen LogP contribution in [-0.4, -0.2) is 32.5 Å². The lowest BCUT2D eigenvalue weighted by molar-refractivity contribution is -0.128. The Balaban J connectivity index is 1.48. The maximum atomic E-state index is 12.3. The van der Waals surface area contributed by atoms with Crippen molar-refractivity contribution in [2.75, 3.05) is 6.54 Å². The molecule has 3 heterocycles. The zero-order valence-corrected chi connectivity index (χ0v) is 14.1. The molecule has 0 aliphatic carbocycles. The number of halogens is 1. The second kappa shape index (κ2) is 6.64. The summed E-state index contributed by atoms with van der Waals surface area (Å²) in [6, 6.07) is 11.2. The van der Waals surface area contributed by atoms with Gasteiger partial charge in [-0.3, -0.25) is 9.78 Å². The van der Waals surface area contributed by atoms with Gasteiger partial charge in [0.15, 0.2) is 5.82 Å². The van der Waals surface area contributed by atoms with Crippen LogP contribution in [0.3, 0.4) is 0 Å². The van der Waals surface area contributed by atoms with E-state index in [1.54, 1.807) is 17.3 Å². The summed E-state index contributed by atoms with van der Waals surface area (Å²) in [5.41, 5.74) is 1.82. The highest BCUT2D eigenvalue weighted by molar-refractivity contribution is 6.30. The number of amides is 1. The molecule has 6 nitrogen and oxygen atoms in total. The average Bonchev–Trinajstić information content (AvgIpc) is 3.23. The molecule has 0 N–H and O–H groups in total. The summed E-state index contributed by atoms with van der Waals surface area (Å²) >= 11 is 6.01. The number of nitrogens with zero attached hydrogens (tertiary/aromatic N) is 4. The van der Waals surface area contributed by atoms with Crippen molar-refractivity contribution in [2.24, 2.45) is 0 Å². The van der Waals surface area contributed by atoms with E-state index in [9.17, 15) is 4.79 Å². The number of carbonyl (C=O) groups is 1. The summed E-state index contributed by atoms with van der Waals surface area (Å²) in [7, 11) is 0. The smallest absolute Gasteiger partial charge is 0.258 e. The quantitative estimate of drug-likeness (QED) is 0.718. The number of aromatic nitrogens is 3. The minimum atomic E-state index is -0.0639. The second-order valence-corrected chi connectivity index (χ2v) is 6.44. The van der Waals surface area contributed by atoms with Crippen LogP contribution >= 0.6 is 11.6 Å². The molecule has 4 rings (SSSR count). The van der Waals surface area contributed by atoms with Gasteiger partial charge in [0.2, 0.25) is 5.91 Å². The molecule has 0 bridgehead atoms. The molecule has 1 aliphatic heterocycles. The Hall–Kier alpha value is -2.73. The van der Waals surface area contributed by atoms with Crippen molar-refractivity contribution >= 4 is 17.5 Å². The largest absolute Gasteiger partial charge is 0.338 e. The molecule has 1 atom stereocenters. The van der Waals surface area contributed by atoms with E-state index in [0.717, 1.165) is 11.1 Å². The van der Waals surface area contributed by atoms with Crippen molar-refractivity contribution in [1.29, 1.82) is 0 Å². The van der Waals surface area contributed by atoms with E-state index >= 15 is 0 Å². The molecule has 7 heteroatoms. The van der Waals surface area contributed by atoms with Crippen LogP contribution in [0.2, 0.25) is 5.02 Å². The van der Waals surface area contributed by atoms with Crippen LogP contribution in [0.25, 0.3) is 11.5 Å². The molecule has 0 spiro atoms. The average molecular weight is 355 g/mol. The van der Waals surface area contributed by atoms with Crippen LogP contribution in [0.1, 0.15) is 23.7 Å². The monoisotopic (exact) mass is 354 g/mol. The number of hydrogen-bond donors (Lipinski definition) is 0. The maximum absolute atomic E-state index is 12.3. The molecule has 1 aliphatic rings. The van der Waals surface area contributed by atoms with Crippen LogP contribution < -0.4 is 0 Å². The zero-order valence-electron chi connectivity index (χ0n) is 13.3. The first-order chi connectivity index (χ1) is 12.2. The molecule has 0 radical (unpaired) electrons. The molecule has 1 fully saturated rings. The summed E-state index contributed by atoms with van der Waals surface area (Å²) < 4.78 is 5.33. The number of benzene rings is 1. The Morgan fingerprint density at radius 2 is 2.08 bits per heavy atom. The molecule has 1 unspecified atom stereocenters. The fraction of sp³-hybridized carbons (Fsp3) is 0.222. The van der Waals surface area contributed by atoms with Crippen molar-refractivity contribution in [3.63, 3.8) is 0 Å². The van der Waals surface area contributed by atoms with Crippen molar-refractivity contribution in [2.45, 2.75) is 18.9 Å². The third-order valence-electron chi connectivity index (χ3n) is 4.21. The first-order valence-electron chi connectivity index (χ1n) is 7.95. The zero-order chi connectivity index (χ0) is 17.2. The SMILES string of the molecule is O=C1CC(c2noc(-c3ccncc3)n2)CN1Cc1cccc(Cl)c1. The van der Waals surface area contributed by atoms with Gasteiger partial charge in [-0.1, -0.05) is 28.9 Å². The number of carbonyl (C=O) groups excluding carboxylic acids is 1. The summed E-state index contributed by atoms with van der Waals surface area (Å²) in [5.74, 6) is 1.03. The Morgan fingerprint density at radius 3 is 2.88 bits per heavy atom. The third kappa shape index (κ3) is 3.39. The molecular weight excluding hydrogens is 340 g/mol. The molecule has 126 valence electrons. The Kier molecular flexibility index (Phi) is 4.19. The van der Waals surface area contributed by atoms with Gasteiger partial charge in [0, 0.05) is 48.4 Å². The van der Waals surface area contributed by atoms with Crippen molar-refractivity contribution in [3.8, 4) is 11.5 Å². The minimum absolute atomic E-state index is 0.0639. The first kappa shape index (κ1) is 15.8. The van der Waals surface area contributed by atoms with E-state index in [2.05, 4.69) is 15.1 Å². The highest BCUT2D eigenvalue weighted by atomic mass is 35.5.